The van der Waals surface area contributed by atoms with Crippen molar-refractivity contribution in [3.63, 3.8) is 0 Å². The van der Waals surface area contributed by atoms with Crippen LogP contribution in [-0.4, -0.2) is 17.0 Å². The summed E-state index contributed by atoms with van der Waals surface area (Å²) in [5.74, 6) is 0.713. The number of nitrogens with zero attached hydrogens (tertiary/aromatic N) is 2. The van der Waals surface area contributed by atoms with E-state index in [4.69, 9.17) is 15.2 Å². The Morgan fingerprint density at radius 3 is 2.76 bits per heavy atom. The maximum absolute atomic E-state index is 11.1. The van der Waals surface area contributed by atoms with Crippen LogP contribution < -0.4 is 15.2 Å². The van der Waals surface area contributed by atoms with Crippen LogP contribution in [-0.2, 0) is 0 Å². The third kappa shape index (κ3) is 3.26. The lowest BCUT2D eigenvalue weighted by Gasteiger charge is -2.12. The van der Waals surface area contributed by atoms with Gasteiger partial charge in [-0.2, -0.15) is 0 Å². The maximum Gasteiger partial charge on any atom is 0.315 e. The van der Waals surface area contributed by atoms with Gasteiger partial charge in [0.25, 0.3) is 0 Å². The van der Waals surface area contributed by atoms with Crippen molar-refractivity contribution in [1.82, 2.24) is 4.98 Å². The minimum Gasteiger partial charge on any atom is -0.496 e. The third-order valence-electron chi connectivity index (χ3n) is 2.86. The minimum atomic E-state index is -0.535. The van der Waals surface area contributed by atoms with Gasteiger partial charge in [0.15, 0.2) is 0 Å². The zero-order valence-corrected chi connectivity index (χ0v) is 11.6. The van der Waals surface area contributed by atoms with Crippen molar-refractivity contribution in [2.24, 2.45) is 5.73 Å². The summed E-state index contributed by atoms with van der Waals surface area (Å²) in [5.41, 5.74) is 6.31. The molecule has 0 unspecified atom stereocenters. The van der Waals surface area contributed by atoms with Crippen LogP contribution in [0.1, 0.15) is 18.5 Å². The molecule has 0 saturated carbocycles. The Bertz CT molecular complexity index is 658. The van der Waals surface area contributed by atoms with E-state index < -0.39 is 4.92 Å². The molecule has 1 aromatic heterocycles. The molecule has 1 heterocycles. The summed E-state index contributed by atoms with van der Waals surface area (Å²) >= 11 is 0. The van der Waals surface area contributed by atoms with E-state index in [-0.39, 0.29) is 23.4 Å². The SMILES string of the molecule is COc1ccc(Oc2ncccc2[C@@H](C)N)c([N+](=O)[O-])c1. The van der Waals surface area contributed by atoms with E-state index in [1.807, 2.05) is 0 Å². The molecule has 2 rings (SSSR count). The summed E-state index contributed by atoms with van der Waals surface area (Å²) in [7, 11) is 1.44. The highest BCUT2D eigenvalue weighted by Crippen LogP contribution is 2.35. The number of aromatic nitrogens is 1. The maximum atomic E-state index is 11.1. The molecule has 0 aliphatic rings. The van der Waals surface area contributed by atoms with Crippen LogP contribution in [0.2, 0.25) is 0 Å². The van der Waals surface area contributed by atoms with Gasteiger partial charge in [-0.25, -0.2) is 4.98 Å². The number of nitro groups is 1. The molecule has 7 heteroatoms. The summed E-state index contributed by atoms with van der Waals surface area (Å²) < 4.78 is 10.6. The molecule has 0 bridgehead atoms. The van der Waals surface area contributed by atoms with E-state index in [2.05, 4.69) is 4.98 Å². The Morgan fingerprint density at radius 2 is 2.14 bits per heavy atom. The first-order valence-electron chi connectivity index (χ1n) is 6.23. The summed E-state index contributed by atoms with van der Waals surface area (Å²) in [4.78, 5) is 14.7. The van der Waals surface area contributed by atoms with Gasteiger partial charge >= 0.3 is 5.69 Å². The number of rotatable bonds is 5. The van der Waals surface area contributed by atoms with Crippen molar-refractivity contribution < 1.29 is 14.4 Å². The monoisotopic (exact) mass is 289 g/mol. The Labute approximate surface area is 121 Å². The topological polar surface area (TPSA) is 101 Å². The molecule has 0 aliphatic carbocycles. The largest absolute Gasteiger partial charge is 0.496 e. The second-order valence-corrected chi connectivity index (χ2v) is 4.38. The van der Waals surface area contributed by atoms with Gasteiger partial charge in [-0.15, -0.1) is 0 Å². The first-order valence-corrected chi connectivity index (χ1v) is 6.23. The number of nitro benzene ring substituents is 1. The highest BCUT2D eigenvalue weighted by atomic mass is 16.6. The third-order valence-corrected chi connectivity index (χ3v) is 2.86. The number of hydrogen-bond donors (Lipinski definition) is 1. The number of methoxy groups -OCH3 is 1. The van der Waals surface area contributed by atoms with Crippen LogP contribution in [0.4, 0.5) is 5.69 Å². The fourth-order valence-corrected chi connectivity index (χ4v) is 1.79. The van der Waals surface area contributed by atoms with Gasteiger partial charge in [-0.1, -0.05) is 6.07 Å². The molecule has 2 N–H and O–H groups in total. The summed E-state index contributed by atoms with van der Waals surface area (Å²) in [5, 5.41) is 11.1. The summed E-state index contributed by atoms with van der Waals surface area (Å²) in [6, 6.07) is 7.54. The van der Waals surface area contributed by atoms with E-state index in [1.165, 1.54) is 25.4 Å². The van der Waals surface area contributed by atoms with Crippen molar-refractivity contribution in [3.8, 4) is 17.4 Å². The van der Waals surface area contributed by atoms with Crippen LogP contribution in [0.15, 0.2) is 36.5 Å². The zero-order valence-electron chi connectivity index (χ0n) is 11.6. The average Bonchev–Trinajstić information content (AvgIpc) is 2.47. The number of pyridine rings is 1. The van der Waals surface area contributed by atoms with E-state index in [0.29, 0.717) is 11.3 Å². The first-order chi connectivity index (χ1) is 10.0. The lowest BCUT2D eigenvalue weighted by atomic mass is 10.1. The molecule has 21 heavy (non-hydrogen) atoms. The molecule has 1 aromatic carbocycles. The fourth-order valence-electron chi connectivity index (χ4n) is 1.79. The van der Waals surface area contributed by atoms with Crippen LogP contribution in [0, 0.1) is 10.1 Å². The van der Waals surface area contributed by atoms with Gasteiger partial charge in [-0.05, 0) is 25.1 Å². The highest BCUT2D eigenvalue weighted by Gasteiger charge is 2.19. The number of hydrogen-bond acceptors (Lipinski definition) is 6. The molecule has 2 aromatic rings. The van der Waals surface area contributed by atoms with Crippen LogP contribution in [0.5, 0.6) is 17.4 Å². The van der Waals surface area contributed by atoms with E-state index in [9.17, 15) is 10.1 Å². The van der Waals surface area contributed by atoms with E-state index in [1.54, 1.807) is 25.1 Å². The molecule has 0 saturated heterocycles. The molecule has 110 valence electrons. The second kappa shape index (κ2) is 6.19. The Kier molecular flexibility index (Phi) is 4.34. The predicted molar refractivity (Wildman–Crippen MR) is 76.6 cm³/mol. The van der Waals surface area contributed by atoms with Crippen LogP contribution >= 0.6 is 0 Å². The average molecular weight is 289 g/mol. The molecule has 0 fully saturated rings. The smallest absolute Gasteiger partial charge is 0.315 e. The van der Waals surface area contributed by atoms with Gasteiger partial charge in [0.1, 0.15) is 5.75 Å². The lowest BCUT2D eigenvalue weighted by molar-refractivity contribution is -0.385. The highest BCUT2D eigenvalue weighted by molar-refractivity contribution is 5.52. The van der Waals surface area contributed by atoms with Crippen LogP contribution in [0.25, 0.3) is 0 Å². The Morgan fingerprint density at radius 1 is 1.38 bits per heavy atom. The second-order valence-electron chi connectivity index (χ2n) is 4.38. The number of benzene rings is 1. The molecule has 0 amide bonds. The normalized spacial score (nSPS) is 11.8. The fraction of sp³-hybridized carbons (Fsp3) is 0.214. The van der Waals surface area contributed by atoms with Crippen molar-refractivity contribution in [3.05, 3.63) is 52.2 Å². The van der Waals surface area contributed by atoms with Crippen LogP contribution in [0.3, 0.4) is 0 Å². The van der Waals surface area contributed by atoms with E-state index >= 15 is 0 Å². The van der Waals surface area contributed by atoms with Crippen molar-refractivity contribution in [1.29, 1.82) is 0 Å². The van der Waals surface area contributed by atoms with Gasteiger partial charge in [0, 0.05) is 17.8 Å². The standard InChI is InChI=1S/C14H15N3O4/c1-9(15)11-4-3-7-16-14(11)21-13-6-5-10(20-2)8-12(13)17(18)19/h3-9H,15H2,1-2H3/t9-/m1/s1. The van der Waals surface area contributed by atoms with Gasteiger partial charge in [0.05, 0.1) is 18.1 Å². The van der Waals surface area contributed by atoms with Gasteiger partial charge < -0.3 is 15.2 Å². The number of nitrogens with two attached hydrogens (primary N) is 1. The molecular formula is C14H15N3O4. The molecule has 1 atom stereocenters. The molecule has 0 radical (unpaired) electrons. The Hall–Kier alpha value is -2.67. The first kappa shape index (κ1) is 14.7. The quantitative estimate of drug-likeness (QED) is 0.671. The predicted octanol–water partition coefficient (Wildman–Crippen LogP) is 2.81. The zero-order chi connectivity index (χ0) is 15.4. The molecule has 0 spiro atoms. The van der Waals surface area contributed by atoms with Gasteiger partial charge in [0.2, 0.25) is 11.6 Å². The summed E-state index contributed by atoms with van der Waals surface area (Å²) in [6.07, 6.45) is 1.54. The molecular weight excluding hydrogens is 274 g/mol. The molecule has 7 nitrogen and oxygen atoms in total. The summed E-state index contributed by atoms with van der Waals surface area (Å²) in [6.45, 7) is 1.78. The van der Waals surface area contributed by atoms with Crippen molar-refractivity contribution in [2.75, 3.05) is 7.11 Å². The van der Waals surface area contributed by atoms with Gasteiger partial charge in [-0.3, -0.25) is 10.1 Å². The number of ether oxygens (including phenoxy) is 2. The van der Waals surface area contributed by atoms with Crippen molar-refractivity contribution in [2.45, 2.75) is 13.0 Å². The van der Waals surface area contributed by atoms with E-state index in [0.717, 1.165) is 0 Å². The Balaban J connectivity index is 2.42. The minimum absolute atomic E-state index is 0.0846. The lowest BCUT2D eigenvalue weighted by Crippen LogP contribution is -2.07. The van der Waals surface area contributed by atoms with Crippen molar-refractivity contribution >= 4 is 5.69 Å². The molecule has 0 aliphatic heterocycles.